The van der Waals surface area contributed by atoms with E-state index in [1.165, 1.54) is 12.0 Å². The van der Waals surface area contributed by atoms with Gasteiger partial charge in [0.2, 0.25) is 5.91 Å². The molecule has 0 aliphatic carbocycles. The highest BCUT2D eigenvalue weighted by atomic mass is 16.5. The van der Waals surface area contributed by atoms with Crippen LogP contribution in [0.2, 0.25) is 0 Å². The van der Waals surface area contributed by atoms with E-state index in [9.17, 15) is 9.59 Å². The number of rotatable bonds is 7. The molecule has 0 fully saturated rings. The van der Waals surface area contributed by atoms with Crippen molar-refractivity contribution in [1.29, 1.82) is 0 Å². The molecule has 1 aromatic carbocycles. The number of likely N-dealkylation sites (N-methyl/N-ethyl adjacent to an activating group) is 1. The largest absolute Gasteiger partial charge is 0.497 e. The fourth-order valence-corrected chi connectivity index (χ4v) is 3.13. The van der Waals surface area contributed by atoms with Crippen molar-refractivity contribution in [3.05, 3.63) is 30.0 Å². The highest BCUT2D eigenvalue weighted by Gasteiger charge is 2.26. The molecule has 0 atom stereocenters. The molecule has 9 nitrogen and oxygen atoms in total. The van der Waals surface area contributed by atoms with Crippen LogP contribution in [0.1, 0.15) is 54.2 Å². The molecule has 2 rings (SSSR count). The first kappa shape index (κ1) is 26.0. The van der Waals surface area contributed by atoms with Gasteiger partial charge in [-0.2, -0.15) is 5.10 Å². The summed E-state index contributed by atoms with van der Waals surface area (Å²) in [6, 6.07) is 6.58. The van der Waals surface area contributed by atoms with Gasteiger partial charge in [-0.3, -0.25) is 4.79 Å². The second-order valence-electron chi connectivity index (χ2n) is 9.81. The average molecular weight is 460 g/mol. The lowest BCUT2D eigenvalue weighted by Crippen LogP contribution is -2.41. The maximum Gasteiger partial charge on any atom is 0.322 e. The van der Waals surface area contributed by atoms with E-state index in [-0.39, 0.29) is 23.4 Å². The Morgan fingerprint density at radius 3 is 2.21 bits per heavy atom. The molecular weight excluding hydrogens is 422 g/mol. The van der Waals surface area contributed by atoms with Crippen molar-refractivity contribution in [2.75, 3.05) is 37.9 Å². The Labute approximate surface area is 196 Å². The second-order valence-corrected chi connectivity index (χ2v) is 9.81. The summed E-state index contributed by atoms with van der Waals surface area (Å²) < 4.78 is 12.3. The van der Waals surface area contributed by atoms with E-state index in [1.54, 1.807) is 25.3 Å². The SMILES string of the molecule is CCN(CC(=O)Nc1cc(C(C)(C)C)nn1C(C)(C)C)C(=O)Nc1ccc(OC)cc1OC. The van der Waals surface area contributed by atoms with Gasteiger partial charge in [-0.15, -0.1) is 0 Å². The molecule has 9 heteroatoms. The molecule has 2 aromatic rings. The minimum absolute atomic E-state index is 0.110. The molecule has 182 valence electrons. The average Bonchev–Trinajstić information content (AvgIpc) is 3.16. The van der Waals surface area contributed by atoms with Gasteiger partial charge in [-0.1, -0.05) is 20.8 Å². The molecule has 0 saturated carbocycles. The number of carbonyl (C=O) groups is 2. The van der Waals surface area contributed by atoms with Gasteiger partial charge in [-0.05, 0) is 39.8 Å². The third-order valence-electron chi connectivity index (χ3n) is 5.03. The summed E-state index contributed by atoms with van der Waals surface area (Å²) in [5.74, 6) is 1.37. The summed E-state index contributed by atoms with van der Waals surface area (Å²) in [5.41, 5.74) is 0.883. The minimum atomic E-state index is -0.407. The van der Waals surface area contributed by atoms with Crippen LogP contribution in [0.3, 0.4) is 0 Å². The number of benzene rings is 1. The fraction of sp³-hybridized carbons (Fsp3) is 0.542. The molecule has 0 aliphatic heterocycles. The van der Waals surface area contributed by atoms with Gasteiger partial charge in [0.1, 0.15) is 23.9 Å². The predicted octanol–water partition coefficient (Wildman–Crippen LogP) is 4.45. The summed E-state index contributed by atoms with van der Waals surface area (Å²) in [5, 5.41) is 10.4. The van der Waals surface area contributed by atoms with Crippen molar-refractivity contribution in [2.45, 2.75) is 59.4 Å². The fourth-order valence-electron chi connectivity index (χ4n) is 3.13. The van der Waals surface area contributed by atoms with E-state index < -0.39 is 6.03 Å². The lowest BCUT2D eigenvalue weighted by Gasteiger charge is -2.24. The highest BCUT2D eigenvalue weighted by molar-refractivity contribution is 5.97. The van der Waals surface area contributed by atoms with E-state index >= 15 is 0 Å². The summed E-state index contributed by atoms with van der Waals surface area (Å²) in [4.78, 5) is 27.1. The third kappa shape index (κ3) is 6.63. The number of methoxy groups -OCH3 is 2. The molecule has 0 aliphatic rings. The van der Waals surface area contributed by atoms with E-state index in [0.29, 0.717) is 29.5 Å². The van der Waals surface area contributed by atoms with E-state index in [1.807, 2.05) is 38.4 Å². The quantitative estimate of drug-likeness (QED) is 0.638. The zero-order valence-electron chi connectivity index (χ0n) is 21.2. The number of amides is 3. The first-order chi connectivity index (χ1) is 15.3. The normalized spacial score (nSPS) is 11.7. The second kappa shape index (κ2) is 10.1. The van der Waals surface area contributed by atoms with Gasteiger partial charge >= 0.3 is 6.03 Å². The van der Waals surface area contributed by atoms with Crippen molar-refractivity contribution in [3.8, 4) is 11.5 Å². The van der Waals surface area contributed by atoms with Crippen molar-refractivity contribution in [1.82, 2.24) is 14.7 Å². The van der Waals surface area contributed by atoms with Crippen molar-refractivity contribution < 1.29 is 19.1 Å². The minimum Gasteiger partial charge on any atom is -0.497 e. The van der Waals surface area contributed by atoms with Crippen LogP contribution in [0.5, 0.6) is 11.5 Å². The topological polar surface area (TPSA) is 97.7 Å². The Morgan fingerprint density at radius 1 is 1.03 bits per heavy atom. The molecule has 1 heterocycles. The van der Waals surface area contributed by atoms with Crippen LogP contribution in [0.15, 0.2) is 24.3 Å². The molecule has 33 heavy (non-hydrogen) atoms. The Kier molecular flexibility index (Phi) is 8.00. The molecule has 3 amide bonds. The number of nitrogens with zero attached hydrogens (tertiary/aromatic N) is 3. The van der Waals surface area contributed by atoms with Gasteiger partial charge < -0.3 is 25.0 Å². The third-order valence-corrected chi connectivity index (χ3v) is 5.03. The Bertz CT molecular complexity index is 986. The van der Waals surface area contributed by atoms with Crippen LogP contribution >= 0.6 is 0 Å². The zero-order chi connectivity index (χ0) is 25.0. The summed E-state index contributed by atoms with van der Waals surface area (Å²) >= 11 is 0. The number of ether oxygens (including phenoxy) is 2. The van der Waals surface area contributed by atoms with Crippen LogP contribution in [0.4, 0.5) is 16.3 Å². The van der Waals surface area contributed by atoms with Crippen LogP contribution < -0.4 is 20.1 Å². The molecular formula is C24H37N5O4. The number of nitrogens with one attached hydrogen (secondary N) is 2. The molecule has 0 spiro atoms. The number of urea groups is 1. The van der Waals surface area contributed by atoms with Crippen molar-refractivity contribution in [2.24, 2.45) is 0 Å². The summed E-state index contributed by atoms with van der Waals surface area (Å²) in [6.07, 6.45) is 0. The van der Waals surface area contributed by atoms with Crippen LogP contribution in [0.25, 0.3) is 0 Å². The molecule has 0 unspecified atom stereocenters. The van der Waals surface area contributed by atoms with Crippen LogP contribution in [-0.2, 0) is 15.7 Å². The van der Waals surface area contributed by atoms with Gasteiger partial charge in [0.15, 0.2) is 0 Å². The number of carbonyl (C=O) groups excluding carboxylic acids is 2. The maximum atomic E-state index is 12.9. The number of hydrogen-bond acceptors (Lipinski definition) is 5. The number of hydrogen-bond donors (Lipinski definition) is 2. The monoisotopic (exact) mass is 459 g/mol. The van der Waals surface area contributed by atoms with Crippen molar-refractivity contribution >= 4 is 23.4 Å². The zero-order valence-corrected chi connectivity index (χ0v) is 21.2. The molecule has 0 radical (unpaired) electrons. The van der Waals surface area contributed by atoms with Gasteiger partial charge in [0, 0.05) is 24.1 Å². The van der Waals surface area contributed by atoms with Crippen molar-refractivity contribution in [3.63, 3.8) is 0 Å². The van der Waals surface area contributed by atoms with Gasteiger partial charge in [0.05, 0.1) is 31.1 Å². The van der Waals surface area contributed by atoms with Crippen LogP contribution in [0, 0.1) is 0 Å². The highest BCUT2D eigenvalue weighted by Crippen LogP contribution is 2.30. The molecule has 2 N–H and O–H groups in total. The molecule has 1 aromatic heterocycles. The van der Waals surface area contributed by atoms with Crippen LogP contribution in [-0.4, -0.2) is 53.9 Å². The first-order valence-electron chi connectivity index (χ1n) is 11.0. The maximum absolute atomic E-state index is 12.9. The van der Waals surface area contributed by atoms with Gasteiger partial charge in [0.25, 0.3) is 0 Å². The van der Waals surface area contributed by atoms with E-state index in [2.05, 4.69) is 31.4 Å². The molecule has 0 saturated heterocycles. The first-order valence-corrected chi connectivity index (χ1v) is 11.0. The Hall–Kier alpha value is -3.23. The standard InChI is InChI=1S/C24H37N5O4/c1-10-28(22(31)25-17-12-11-16(32-8)13-18(17)33-9)15-21(30)26-20-14-19(23(2,3)4)27-29(20)24(5,6)7/h11-14H,10,15H2,1-9H3,(H,25,31)(H,26,30). The predicted molar refractivity (Wildman–Crippen MR) is 130 cm³/mol. The lowest BCUT2D eigenvalue weighted by molar-refractivity contribution is -0.116. The summed E-state index contributed by atoms with van der Waals surface area (Å²) in [6.45, 7) is 14.3. The van der Waals surface area contributed by atoms with Gasteiger partial charge in [-0.25, -0.2) is 9.48 Å². The van der Waals surface area contributed by atoms with E-state index in [0.717, 1.165) is 5.69 Å². The number of aromatic nitrogens is 2. The lowest BCUT2D eigenvalue weighted by atomic mass is 9.92. The Balaban J connectivity index is 2.16. The van der Waals surface area contributed by atoms with E-state index in [4.69, 9.17) is 14.6 Å². The number of anilines is 2. The smallest absolute Gasteiger partial charge is 0.322 e. The summed E-state index contributed by atoms with van der Waals surface area (Å²) in [7, 11) is 3.07. The molecule has 0 bridgehead atoms. The Morgan fingerprint density at radius 2 is 1.70 bits per heavy atom.